The van der Waals surface area contributed by atoms with Gasteiger partial charge in [-0.3, -0.25) is 4.79 Å². The summed E-state index contributed by atoms with van der Waals surface area (Å²) in [6, 6.07) is 14.9. The van der Waals surface area contributed by atoms with E-state index in [0.29, 0.717) is 23.6 Å². The van der Waals surface area contributed by atoms with Crippen molar-refractivity contribution in [1.82, 2.24) is 4.90 Å². The molecule has 25 heavy (non-hydrogen) atoms. The van der Waals surface area contributed by atoms with Gasteiger partial charge in [0.1, 0.15) is 18.0 Å². The summed E-state index contributed by atoms with van der Waals surface area (Å²) >= 11 is 6.02. The fourth-order valence-corrected chi connectivity index (χ4v) is 3.61. The topological polar surface area (TPSA) is 49.8 Å². The Balaban J connectivity index is 1.55. The van der Waals surface area contributed by atoms with Gasteiger partial charge in [-0.2, -0.15) is 0 Å². The molecule has 2 aromatic rings. The lowest BCUT2D eigenvalue weighted by atomic mass is 9.93. The van der Waals surface area contributed by atoms with Crippen molar-refractivity contribution >= 4 is 23.6 Å². The van der Waals surface area contributed by atoms with Crippen LogP contribution in [0.5, 0.6) is 5.75 Å². The minimum absolute atomic E-state index is 0.0996. The van der Waals surface area contributed by atoms with Gasteiger partial charge in [0.25, 0.3) is 5.91 Å². The second kappa shape index (κ2) is 6.21. The predicted molar refractivity (Wildman–Crippen MR) is 96.5 cm³/mol. The van der Waals surface area contributed by atoms with Crippen LogP contribution in [0.2, 0.25) is 5.02 Å². The smallest absolute Gasteiger partial charge is 0.253 e. The van der Waals surface area contributed by atoms with Crippen LogP contribution in [0.15, 0.2) is 54.1 Å². The summed E-state index contributed by atoms with van der Waals surface area (Å²) < 4.78 is 5.67. The molecule has 4 nitrogen and oxygen atoms in total. The molecule has 1 N–H and O–H groups in total. The van der Waals surface area contributed by atoms with E-state index in [-0.39, 0.29) is 19.1 Å². The molecule has 0 aliphatic carbocycles. The number of ether oxygens (including phenoxy) is 1. The molecule has 1 amide bonds. The van der Waals surface area contributed by atoms with Crippen LogP contribution in [-0.4, -0.2) is 35.6 Å². The third-order valence-electron chi connectivity index (χ3n) is 4.81. The summed E-state index contributed by atoms with van der Waals surface area (Å²) in [5.74, 6) is 0.626. The first-order valence-electron chi connectivity index (χ1n) is 8.25. The summed E-state index contributed by atoms with van der Waals surface area (Å²) in [6.45, 7) is 1.04. The van der Waals surface area contributed by atoms with Crippen LogP contribution in [0, 0.1) is 0 Å². The molecule has 1 atom stereocenters. The molecule has 0 radical (unpaired) electrons. The monoisotopic (exact) mass is 355 g/mol. The van der Waals surface area contributed by atoms with Gasteiger partial charge in [0.05, 0.1) is 12.1 Å². The first-order valence-corrected chi connectivity index (χ1v) is 8.63. The molecule has 2 aliphatic rings. The number of benzene rings is 2. The van der Waals surface area contributed by atoms with Gasteiger partial charge in [0.15, 0.2) is 0 Å². The van der Waals surface area contributed by atoms with Crippen LogP contribution in [0.4, 0.5) is 0 Å². The number of nitrogens with zero attached hydrogens (tertiary/aromatic N) is 1. The Morgan fingerprint density at radius 1 is 1.20 bits per heavy atom. The second-order valence-electron chi connectivity index (χ2n) is 6.51. The number of carbonyl (C=O) groups is 1. The number of amides is 1. The summed E-state index contributed by atoms with van der Waals surface area (Å²) in [6.07, 6.45) is 2.35. The summed E-state index contributed by atoms with van der Waals surface area (Å²) in [7, 11) is 0. The number of hydrogen-bond acceptors (Lipinski definition) is 3. The number of aliphatic hydroxyl groups is 1. The molecule has 1 saturated heterocycles. The summed E-state index contributed by atoms with van der Waals surface area (Å²) in [5.41, 5.74) is 1.23. The van der Waals surface area contributed by atoms with E-state index in [4.69, 9.17) is 16.3 Å². The maximum absolute atomic E-state index is 12.8. The molecule has 5 heteroatoms. The molecular formula is C20H18ClNO3. The molecule has 2 heterocycles. The average Bonchev–Trinajstić information content (AvgIpc) is 3.05. The van der Waals surface area contributed by atoms with E-state index < -0.39 is 5.60 Å². The van der Waals surface area contributed by atoms with E-state index in [2.05, 4.69) is 0 Å². The Kier molecular flexibility index (Phi) is 4.02. The molecule has 2 aromatic carbocycles. The number of halogens is 1. The van der Waals surface area contributed by atoms with Gasteiger partial charge in [-0.05, 0) is 36.3 Å². The van der Waals surface area contributed by atoms with E-state index >= 15 is 0 Å². The summed E-state index contributed by atoms with van der Waals surface area (Å²) in [5, 5.41) is 11.5. The quantitative estimate of drug-likeness (QED) is 0.899. The van der Waals surface area contributed by atoms with Gasteiger partial charge < -0.3 is 14.7 Å². The van der Waals surface area contributed by atoms with Gasteiger partial charge in [0.2, 0.25) is 0 Å². The first-order chi connectivity index (χ1) is 12.0. The predicted octanol–water partition coefficient (Wildman–Crippen LogP) is 3.24. The summed E-state index contributed by atoms with van der Waals surface area (Å²) in [4.78, 5) is 14.5. The Labute approximate surface area is 151 Å². The van der Waals surface area contributed by atoms with E-state index in [9.17, 15) is 9.90 Å². The van der Waals surface area contributed by atoms with Crippen molar-refractivity contribution in [2.45, 2.75) is 12.0 Å². The second-order valence-corrected chi connectivity index (χ2v) is 6.95. The van der Waals surface area contributed by atoms with Gasteiger partial charge in [-0.1, -0.05) is 41.9 Å². The Hall–Kier alpha value is -2.30. The van der Waals surface area contributed by atoms with Gasteiger partial charge >= 0.3 is 0 Å². The average molecular weight is 356 g/mol. The molecule has 2 aliphatic heterocycles. The number of β-amino-alcohol motifs (C(OH)–C–C–N with tert-alkyl or cyclic N) is 1. The molecule has 128 valence electrons. The fraction of sp³-hybridized carbons (Fsp3) is 0.250. The van der Waals surface area contributed by atoms with Crippen molar-refractivity contribution in [2.24, 2.45) is 0 Å². The minimum atomic E-state index is -0.992. The Morgan fingerprint density at radius 2 is 2.00 bits per heavy atom. The third-order valence-corrected chi connectivity index (χ3v) is 5.04. The zero-order valence-electron chi connectivity index (χ0n) is 13.6. The minimum Gasteiger partial charge on any atom is -0.488 e. The Morgan fingerprint density at radius 3 is 2.80 bits per heavy atom. The highest BCUT2D eigenvalue weighted by Crippen LogP contribution is 2.34. The standard InChI is InChI=1S/C20H18ClNO3/c21-17-6-7-18-14(11-17)10-15(12-25-18)19(23)22-9-8-20(24,13-22)16-4-2-1-3-5-16/h1-7,10-11,24H,8-9,12-13H2. The third kappa shape index (κ3) is 3.03. The highest BCUT2D eigenvalue weighted by Gasteiger charge is 2.40. The van der Waals surface area contributed by atoms with Crippen LogP contribution in [0.3, 0.4) is 0 Å². The SMILES string of the molecule is O=C(C1=Cc2cc(Cl)ccc2OC1)N1CCC(O)(c2ccccc2)C1. The number of rotatable bonds is 2. The lowest BCUT2D eigenvalue weighted by Crippen LogP contribution is -2.36. The van der Waals surface area contributed by atoms with Gasteiger partial charge in [0, 0.05) is 17.1 Å². The van der Waals surface area contributed by atoms with Crippen LogP contribution in [0.25, 0.3) is 6.08 Å². The first kappa shape index (κ1) is 16.2. The number of fused-ring (bicyclic) bond motifs is 1. The molecule has 1 unspecified atom stereocenters. The van der Waals surface area contributed by atoms with Crippen molar-refractivity contribution in [3.8, 4) is 5.75 Å². The molecule has 1 fully saturated rings. The number of likely N-dealkylation sites (tertiary alicyclic amines) is 1. The van der Waals surface area contributed by atoms with Crippen molar-refractivity contribution < 1.29 is 14.6 Å². The molecule has 0 spiro atoms. The van der Waals surface area contributed by atoms with Crippen molar-refractivity contribution in [2.75, 3.05) is 19.7 Å². The largest absolute Gasteiger partial charge is 0.488 e. The highest BCUT2D eigenvalue weighted by atomic mass is 35.5. The van der Waals surface area contributed by atoms with Crippen LogP contribution >= 0.6 is 11.6 Å². The fourth-order valence-electron chi connectivity index (χ4n) is 3.43. The Bertz CT molecular complexity index is 849. The lowest BCUT2D eigenvalue weighted by Gasteiger charge is -2.25. The molecule has 4 rings (SSSR count). The maximum Gasteiger partial charge on any atom is 0.253 e. The molecule has 0 aromatic heterocycles. The normalized spacial score (nSPS) is 22.2. The van der Waals surface area contributed by atoms with Gasteiger partial charge in [-0.15, -0.1) is 0 Å². The molecular weight excluding hydrogens is 338 g/mol. The molecule has 0 bridgehead atoms. The van der Waals surface area contributed by atoms with Crippen LogP contribution in [0.1, 0.15) is 17.5 Å². The number of carbonyl (C=O) groups excluding carboxylic acids is 1. The van der Waals surface area contributed by atoms with E-state index in [0.717, 1.165) is 16.9 Å². The lowest BCUT2D eigenvalue weighted by molar-refractivity contribution is -0.127. The van der Waals surface area contributed by atoms with Crippen molar-refractivity contribution in [3.63, 3.8) is 0 Å². The van der Waals surface area contributed by atoms with Crippen molar-refractivity contribution in [1.29, 1.82) is 0 Å². The van der Waals surface area contributed by atoms with Crippen LogP contribution < -0.4 is 4.74 Å². The maximum atomic E-state index is 12.8. The zero-order valence-corrected chi connectivity index (χ0v) is 14.4. The number of hydrogen-bond donors (Lipinski definition) is 1. The highest BCUT2D eigenvalue weighted by molar-refractivity contribution is 6.30. The van der Waals surface area contributed by atoms with E-state index in [1.165, 1.54) is 0 Å². The van der Waals surface area contributed by atoms with Crippen LogP contribution in [-0.2, 0) is 10.4 Å². The van der Waals surface area contributed by atoms with E-state index in [1.54, 1.807) is 23.1 Å². The van der Waals surface area contributed by atoms with E-state index in [1.807, 2.05) is 36.4 Å². The van der Waals surface area contributed by atoms with Crippen molar-refractivity contribution in [3.05, 3.63) is 70.3 Å². The van der Waals surface area contributed by atoms with Gasteiger partial charge in [-0.25, -0.2) is 0 Å². The molecule has 0 saturated carbocycles. The zero-order chi connectivity index (χ0) is 17.4.